The molecule has 0 radical (unpaired) electrons. The quantitative estimate of drug-likeness (QED) is 0.405. The minimum Gasteiger partial charge on any atom is -0.504 e. The van der Waals surface area contributed by atoms with Crippen molar-refractivity contribution in [3.05, 3.63) is 89.2 Å². The van der Waals surface area contributed by atoms with Crippen molar-refractivity contribution in [1.29, 1.82) is 0 Å². The Morgan fingerprint density at radius 1 is 0.944 bits per heavy atom. The molecule has 0 aliphatic heterocycles. The average molecular weight is 492 g/mol. The van der Waals surface area contributed by atoms with Gasteiger partial charge in [-0.15, -0.1) is 0 Å². The Bertz CT molecular complexity index is 1200. The molecule has 1 aliphatic rings. The van der Waals surface area contributed by atoms with E-state index in [2.05, 4.69) is 11.4 Å². The lowest BCUT2D eigenvalue weighted by Gasteiger charge is -2.29. The van der Waals surface area contributed by atoms with Gasteiger partial charge in [0.2, 0.25) is 5.91 Å². The fraction of sp³-hybridized carbons (Fsp3) is 0.310. The summed E-state index contributed by atoms with van der Waals surface area (Å²) < 4.78 is 23.8. The fourth-order valence-corrected chi connectivity index (χ4v) is 4.60. The van der Waals surface area contributed by atoms with Crippen molar-refractivity contribution in [2.24, 2.45) is 0 Å². The predicted molar refractivity (Wildman–Crippen MR) is 135 cm³/mol. The largest absolute Gasteiger partial charge is 0.504 e. The summed E-state index contributed by atoms with van der Waals surface area (Å²) in [6, 6.07) is 18.6. The highest BCUT2D eigenvalue weighted by atomic mass is 19.1. The second kappa shape index (κ2) is 11.7. The van der Waals surface area contributed by atoms with Gasteiger partial charge in [-0.1, -0.05) is 30.3 Å². The van der Waals surface area contributed by atoms with Crippen LogP contribution in [0.4, 0.5) is 10.1 Å². The molecule has 7 heteroatoms. The summed E-state index contributed by atoms with van der Waals surface area (Å²) in [4.78, 5) is 24.8. The number of hydrogen-bond donors (Lipinski definition) is 2. The molecule has 0 spiro atoms. The van der Waals surface area contributed by atoms with E-state index in [0.717, 1.165) is 48.1 Å². The number of phenolic OH excluding ortho intramolecular Hbond substituents is 1. The number of methoxy groups -OCH3 is 1. The van der Waals surface area contributed by atoms with Crippen LogP contribution in [0.15, 0.2) is 66.7 Å². The van der Waals surface area contributed by atoms with Crippen LogP contribution < -0.4 is 10.1 Å². The fourth-order valence-electron chi connectivity index (χ4n) is 4.60. The van der Waals surface area contributed by atoms with E-state index in [1.807, 2.05) is 18.2 Å². The number of carbonyl (C=O) groups is 2. The van der Waals surface area contributed by atoms with Gasteiger partial charge in [-0.25, -0.2) is 4.39 Å². The number of halogens is 1. The van der Waals surface area contributed by atoms with Crippen LogP contribution in [0.2, 0.25) is 0 Å². The van der Waals surface area contributed by atoms with Crippen LogP contribution in [-0.4, -0.2) is 30.2 Å². The monoisotopic (exact) mass is 491 g/mol. The van der Waals surface area contributed by atoms with Crippen molar-refractivity contribution in [3.8, 4) is 11.5 Å². The molecule has 0 atom stereocenters. The molecule has 1 aliphatic carbocycles. The molecule has 1 saturated carbocycles. The van der Waals surface area contributed by atoms with Crippen molar-refractivity contribution >= 4 is 17.6 Å². The second-order valence-corrected chi connectivity index (χ2v) is 9.12. The number of aromatic hydroxyl groups is 1. The van der Waals surface area contributed by atoms with Gasteiger partial charge < -0.3 is 19.9 Å². The predicted octanol–water partition coefficient (Wildman–Crippen LogP) is 5.53. The number of nitrogens with one attached hydrogen (secondary N) is 1. The van der Waals surface area contributed by atoms with Gasteiger partial charge in [0, 0.05) is 5.69 Å². The third-order valence-corrected chi connectivity index (χ3v) is 6.48. The summed E-state index contributed by atoms with van der Waals surface area (Å²) >= 11 is 0. The van der Waals surface area contributed by atoms with Crippen LogP contribution >= 0.6 is 0 Å². The van der Waals surface area contributed by atoms with E-state index in [4.69, 9.17) is 9.47 Å². The standard InChI is InChI=1S/C29H30FNO5/c1-35-27-15-20(7-14-26(27)32)16-28(33)31-24-4-2-3-22(18-24)21-8-12-25(13-9-21)36-29(34)17-19-5-10-23(30)11-6-19/h2-7,10-11,14-15,18,21,25,32H,8-9,12-13,16-17H2,1H3,(H,31,33)/t21-,25+. The normalized spacial score (nSPS) is 17.3. The van der Waals surface area contributed by atoms with E-state index >= 15 is 0 Å². The summed E-state index contributed by atoms with van der Waals surface area (Å²) in [7, 11) is 1.47. The summed E-state index contributed by atoms with van der Waals surface area (Å²) in [5.74, 6) is -0.0780. The van der Waals surface area contributed by atoms with Crippen LogP contribution in [0.1, 0.15) is 48.3 Å². The highest BCUT2D eigenvalue weighted by Crippen LogP contribution is 2.35. The smallest absolute Gasteiger partial charge is 0.310 e. The maximum Gasteiger partial charge on any atom is 0.310 e. The van der Waals surface area contributed by atoms with E-state index in [9.17, 15) is 19.1 Å². The average Bonchev–Trinajstić information content (AvgIpc) is 2.87. The van der Waals surface area contributed by atoms with Crippen molar-refractivity contribution in [3.63, 3.8) is 0 Å². The first-order chi connectivity index (χ1) is 17.4. The van der Waals surface area contributed by atoms with Crippen molar-refractivity contribution < 1.29 is 28.6 Å². The van der Waals surface area contributed by atoms with Crippen molar-refractivity contribution in [2.75, 3.05) is 12.4 Å². The Balaban J connectivity index is 1.27. The second-order valence-electron chi connectivity index (χ2n) is 9.12. The third-order valence-electron chi connectivity index (χ3n) is 6.48. The highest BCUT2D eigenvalue weighted by molar-refractivity contribution is 5.92. The molecule has 36 heavy (non-hydrogen) atoms. The zero-order valence-corrected chi connectivity index (χ0v) is 20.2. The van der Waals surface area contributed by atoms with E-state index < -0.39 is 0 Å². The summed E-state index contributed by atoms with van der Waals surface area (Å²) in [6.07, 6.45) is 3.52. The van der Waals surface area contributed by atoms with Gasteiger partial charge in [0.1, 0.15) is 11.9 Å². The Hall–Kier alpha value is -3.87. The SMILES string of the molecule is COc1cc(CC(=O)Nc2cccc([C@H]3CC[C@@H](OC(=O)Cc4ccc(F)cc4)CC3)c2)ccc1O. The lowest BCUT2D eigenvalue weighted by atomic mass is 9.82. The zero-order valence-electron chi connectivity index (χ0n) is 20.2. The topological polar surface area (TPSA) is 84.9 Å². The first-order valence-electron chi connectivity index (χ1n) is 12.1. The van der Waals surface area contributed by atoms with Gasteiger partial charge in [0.05, 0.1) is 20.0 Å². The molecule has 2 N–H and O–H groups in total. The van der Waals surface area contributed by atoms with Crippen LogP contribution in [0.3, 0.4) is 0 Å². The number of esters is 1. The Labute approximate surface area is 210 Å². The van der Waals surface area contributed by atoms with E-state index in [-0.39, 0.29) is 42.4 Å². The van der Waals surface area contributed by atoms with Gasteiger partial charge in [0.25, 0.3) is 0 Å². The molecule has 6 nitrogen and oxygen atoms in total. The Morgan fingerprint density at radius 3 is 2.39 bits per heavy atom. The number of ether oxygens (including phenoxy) is 2. The molecule has 3 aromatic carbocycles. The van der Waals surface area contributed by atoms with Crippen LogP contribution in [0, 0.1) is 5.82 Å². The molecule has 0 saturated heterocycles. The molecule has 3 aromatic rings. The maximum atomic E-state index is 13.0. The molecule has 1 fully saturated rings. The van der Waals surface area contributed by atoms with Gasteiger partial charge in [0.15, 0.2) is 11.5 Å². The molecule has 1 amide bonds. The van der Waals surface area contributed by atoms with E-state index in [0.29, 0.717) is 11.7 Å². The number of hydrogen-bond acceptors (Lipinski definition) is 5. The molecule has 4 rings (SSSR count). The lowest BCUT2D eigenvalue weighted by Crippen LogP contribution is -2.24. The molecule has 0 aromatic heterocycles. The van der Waals surface area contributed by atoms with Crippen molar-refractivity contribution in [2.45, 2.75) is 50.5 Å². The van der Waals surface area contributed by atoms with Gasteiger partial charge >= 0.3 is 5.97 Å². The van der Waals surface area contributed by atoms with Crippen LogP contribution in [0.5, 0.6) is 11.5 Å². The first kappa shape index (κ1) is 25.2. The highest BCUT2D eigenvalue weighted by Gasteiger charge is 2.25. The first-order valence-corrected chi connectivity index (χ1v) is 12.1. The number of phenols is 1. The Kier molecular flexibility index (Phi) is 8.21. The number of rotatable bonds is 8. The molecule has 0 unspecified atom stereocenters. The molecule has 0 bridgehead atoms. The van der Waals surface area contributed by atoms with E-state index in [1.165, 1.54) is 25.3 Å². The van der Waals surface area contributed by atoms with E-state index in [1.54, 1.807) is 24.3 Å². The molecular formula is C29H30FNO5. The summed E-state index contributed by atoms with van der Waals surface area (Å²) in [6.45, 7) is 0. The maximum absolute atomic E-state index is 13.0. The third kappa shape index (κ3) is 6.84. The van der Waals surface area contributed by atoms with Crippen molar-refractivity contribution in [1.82, 2.24) is 0 Å². The Morgan fingerprint density at radius 2 is 1.67 bits per heavy atom. The number of carbonyl (C=O) groups excluding carboxylic acids is 2. The minimum atomic E-state index is -0.327. The van der Waals surface area contributed by atoms with Crippen LogP contribution in [0.25, 0.3) is 0 Å². The number of amides is 1. The molecule has 188 valence electrons. The zero-order chi connectivity index (χ0) is 25.5. The van der Waals surface area contributed by atoms with Crippen LogP contribution in [-0.2, 0) is 27.2 Å². The van der Waals surface area contributed by atoms with Gasteiger partial charge in [-0.05, 0) is 84.7 Å². The van der Waals surface area contributed by atoms with Gasteiger partial charge in [-0.2, -0.15) is 0 Å². The van der Waals surface area contributed by atoms with Gasteiger partial charge in [-0.3, -0.25) is 9.59 Å². The number of anilines is 1. The number of benzene rings is 3. The minimum absolute atomic E-state index is 0.0340. The molecular weight excluding hydrogens is 461 g/mol. The summed E-state index contributed by atoms with van der Waals surface area (Å²) in [5, 5.41) is 12.7. The summed E-state index contributed by atoms with van der Waals surface area (Å²) in [5.41, 5.74) is 3.36. The molecule has 0 heterocycles. The lowest BCUT2D eigenvalue weighted by molar-refractivity contribution is -0.149.